The van der Waals surface area contributed by atoms with Crippen LogP contribution < -0.4 is 10.1 Å². The molecule has 0 bridgehead atoms. The van der Waals surface area contributed by atoms with Crippen LogP contribution in [0.4, 0.5) is 9.39 Å². The summed E-state index contributed by atoms with van der Waals surface area (Å²) >= 11 is 2.82. The van der Waals surface area contributed by atoms with Crippen LogP contribution in [-0.4, -0.2) is 26.4 Å². The summed E-state index contributed by atoms with van der Waals surface area (Å²) in [6.45, 7) is 4.43. The Bertz CT molecular complexity index is 1200. The average molecular weight is 500 g/mol. The van der Waals surface area contributed by atoms with E-state index >= 15 is 0 Å². The smallest absolute Gasteiger partial charge is 0.235 e. The van der Waals surface area contributed by atoms with E-state index in [9.17, 15) is 14.4 Å². The van der Waals surface area contributed by atoms with Gasteiger partial charge in [-0.05, 0) is 69.4 Å². The predicted octanol–water partition coefficient (Wildman–Crippen LogP) is 5.51. The number of amides is 1. The first kappa shape index (κ1) is 24.2. The fourth-order valence-electron chi connectivity index (χ4n) is 4.02. The standard InChI is InChI=1S/C24H26FN5O2S2/c1-3-30-22(15(2)32-17-11-9-16(25)10-12-17)28-29-24(30)33-14-21(31)27-23-19(13-26)18-7-5-4-6-8-20(18)34-23/h9-12,15H,3-8,14H2,1-2H3,(H,27,31). The number of hydrogen-bond donors (Lipinski definition) is 1. The number of benzene rings is 1. The topological polar surface area (TPSA) is 92.8 Å². The molecule has 2 aromatic heterocycles. The SMILES string of the molecule is CCn1c(SCC(=O)Nc2sc3c(c2C#N)CCCCC3)nnc1C(C)Oc1ccc(F)cc1. The van der Waals surface area contributed by atoms with Crippen LogP contribution in [0.3, 0.4) is 0 Å². The van der Waals surface area contributed by atoms with Crippen molar-refractivity contribution in [2.24, 2.45) is 0 Å². The van der Waals surface area contributed by atoms with E-state index in [0.717, 1.165) is 31.2 Å². The van der Waals surface area contributed by atoms with Crippen molar-refractivity contribution in [3.05, 3.63) is 51.9 Å². The molecule has 1 aromatic carbocycles. The number of carbonyl (C=O) groups excluding carboxylic acids is 1. The molecule has 1 N–H and O–H groups in total. The lowest BCUT2D eigenvalue weighted by Crippen LogP contribution is -2.15. The first-order valence-electron chi connectivity index (χ1n) is 11.3. The number of thioether (sulfide) groups is 1. The first-order chi connectivity index (χ1) is 16.5. The van der Waals surface area contributed by atoms with Gasteiger partial charge in [-0.2, -0.15) is 5.26 Å². The third kappa shape index (κ3) is 5.42. The van der Waals surface area contributed by atoms with Crippen molar-refractivity contribution in [1.29, 1.82) is 5.26 Å². The molecule has 3 aromatic rings. The van der Waals surface area contributed by atoms with E-state index in [-0.39, 0.29) is 17.5 Å². The highest BCUT2D eigenvalue weighted by Crippen LogP contribution is 2.37. The highest BCUT2D eigenvalue weighted by molar-refractivity contribution is 7.99. The number of carbonyl (C=O) groups is 1. The van der Waals surface area contributed by atoms with Gasteiger partial charge in [0.2, 0.25) is 5.91 Å². The predicted molar refractivity (Wildman–Crippen MR) is 131 cm³/mol. The summed E-state index contributed by atoms with van der Waals surface area (Å²) in [6.07, 6.45) is 4.86. The van der Waals surface area contributed by atoms with E-state index < -0.39 is 6.10 Å². The minimum absolute atomic E-state index is 0.152. The van der Waals surface area contributed by atoms with Crippen LogP contribution in [0.1, 0.15) is 61.0 Å². The molecule has 0 fully saturated rings. The van der Waals surface area contributed by atoms with Gasteiger partial charge in [-0.1, -0.05) is 18.2 Å². The Labute approximate surface area is 206 Å². The molecule has 10 heteroatoms. The Morgan fingerprint density at radius 1 is 1.29 bits per heavy atom. The molecule has 1 atom stereocenters. The highest BCUT2D eigenvalue weighted by atomic mass is 32.2. The maximum absolute atomic E-state index is 13.1. The number of nitrogens with zero attached hydrogens (tertiary/aromatic N) is 4. The fraction of sp³-hybridized carbons (Fsp3) is 0.417. The van der Waals surface area contributed by atoms with Gasteiger partial charge in [0.05, 0.1) is 11.3 Å². The molecule has 2 heterocycles. The zero-order chi connectivity index (χ0) is 24.1. The molecule has 0 spiro atoms. The van der Waals surface area contributed by atoms with Crippen molar-refractivity contribution in [2.45, 2.75) is 63.8 Å². The van der Waals surface area contributed by atoms with Gasteiger partial charge in [0.15, 0.2) is 17.1 Å². The normalized spacial score (nSPS) is 14.1. The van der Waals surface area contributed by atoms with E-state index in [1.165, 1.54) is 46.5 Å². The summed E-state index contributed by atoms with van der Waals surface area (Å²) in [5, 5.41) is 22.4. The number of halogens is 1. The number of nitrogens with one attached hydrogen (secondary N) is 1. The zero-order valence-corrected chi connectivity index (χ0v) is 20.8. The van der Waals surface area contributed by atoms with Crippen LogP contribution in [0.2, 0.25) is 0 Å². The Morgan fingerprint density at radius 3 is 2.79 bits per heavy atom. The van der Waals surface area contributed by atoms with Crippen LogP contribution >= 0.6 is 23.1 Å². The van der Waals surface area contributed by atoms with Crippen molar-refractivity contribution in [3.63, 3.8) is 0 Å². The van der Waals surface area contributed by atoms with Gasteiger partial charge in [-0.15, -0.1) is 21.5 Å². The van der Waals surface area contributed by atoms with Gasteiger partial charge < -0.3 is 14.6 Å². The van der Waals surface area contributed by atoms with Crippen molar-refractivity contribution in [2.75, 3.05) is 11.1 Å². The lowest BCUT2D eigenvalue weighted by molar-refractivity contribution is -0.113. The van der Waals surface area contributed by atoms with Crippen LogP contribution in [0.15, 0.2) is 29.4 Å². The molecule has 0 radical (unpaired) electrons. The molecule has 4 rings (SSSR count). The molecule has 1 amide bonds. The summed E-state index contributed by atoms with van der Waals surface area (Å²) < 4.78 is 20.9. The van der Waals surface area contributed by atoms with Crippen LogP contribution in [0.25, 0.3) is 0 Å². The summed E-state index contributed by atoms with van der Waals surface area (Å²) in [4.78, 5) is 13.9. The van der Waals surface area contributed by atoms with E-state index in [4.69, 9.17) is 4.74 Å². The van der Waals surface area contributed by atoms with Crippen LogP contribution in [-0.2, 0) is 24.2 Å². The van der Waals surface area contributed by atoms with Gasteiger partial charge in [0, 0.05) is 11.4 Å². The molecule has 1 unspecified atom stereocenters. The van der Waals surface area contributed by atoms with Crippen molar-refractivity contribution in [3.8, 4) is 11.8 Å². The van der Waals surface area contributed by atoms with E-state index in [1.807, 2.05) is 18.4 Å². The van der Waals surface area contributed by atoms with Gasteiger partial charge in [-0.25, -0.2) is 4.39 Å². The van der Waals surface area contributed by atoms with Gasteiger partial charge in [0.1, 0.15) is 22.6 Å². The van der Waals surface area contributed by atoms with Crippen LogP contribution in [0, 0.1) is 17.1 Å². The maximum atomic E-state index is 13.1. The number of aryl methyl sites for hydroxylation is 1. The van der Waals surface area contributed by atoms with E-state index in [2.05, 4.69) is 21.6 Å². The van der Waals surface area contributed by atoms with E-state index in [0.29, 0.717) is 33.8 Å². The minimum Gasteiger partial charge on any atom is -0.483 e. The number of thiophene rings is 1. The number of hydrogen-bond acceptors (Lipinski definition) is 7. The molecule has 0 aliphatic heterocycles. The molecule has 0 saturated heterocycles. The number of anilines is 1. The monoisotopic (exact) mass is 499 g/mol. The summed E-state index contributed by atoms with van der Waals surface area (Å²) in [6, 6.07) is 8.12. The Hall–Kier alpha value is -2.90. The third-order valence-electron chi connectivity index (χ3n) is 5.67. The summed E-state index contributed by atoms with van der Waals surface area (Å²) in [5.41, 5.74) is 1.73. The lowest BCUT2D eigenvalue weighted by atomic mass is 10.1. The third-order valence-corrected chi connectivity index (χ3v) is 7.84. The van der Waals surface area contributed by atoms with Gasteiger partial charge >= 0.3 is 0 Å². The largest absolute Gasteiger partial charge is 0.483 e. The van der Waals surface area contributed by atoms with Crippen molar-refractivity contribution < 1.29 is 13.9 Å². The highest BCUT2D eigenvalue weighted by Gasteiger charge is 2.22. The second-order valence-corrected chi connectivity index (χ2v) is 10.1. The molecule has 1 aliphatic carbocycles. The average Bonchev–Trinajstić information content (AvgIpc) is 3.31. The van der Waals surface area contributed by atoms with Crippen LogP contribution in [0.5, 0.6) is 5.75 Å². The summed E-state index contributed by atoms with van der Waals surface area (Å²) in [5.74, 6) is 0.812. The molecular formula is C24H26FN5O2S2. The van der Waals surface area contributed by atoms with E-state index in [1.54, 1.807) is 12.1 Å². The summed E-state index contributed by atoms with van der Waals surface area (Å²) in [7, 11) is 0. The second kappa shape index (κ2) is 11.0. The molecule has 7 nitrogen and oxygen atoms in total. The fourth-order valence-corrected chi connectivity index (χ4v) is 6.08. The Kier molecular flexibility index (Phi) is 7.85. The number of ether oxygens (including phenoxy) is 1. The number of aromatic nitrogens is 3. The number of fused-ring (bicyclic) bond motifs is 1. The first-order valence-corrected chi connectivity index (χ1v) is 13.1. The quantitative estimate of drug-likeness (QED) is 0.325. The van der Waals surface area contributed by atoms with Gasteiger partial charge in [0.25, 0.3) is 0 Å². The maximum Gasteiger partial charge on any atom is 0.235 e. The Morgan fingerprint density at radius 2 is 2.06 bits per heavy atom. The molecule has 34 heavy (non-hydrogen) atoms. The second-order valence-electron chi connectivity index (χ2n) is 8.02. The molecule has 0 saturated carbocycles. The molecular weight excluding hydrogens is 473 g/mol. The lowest BCUT2D eigenvalue weighted by Gasteiger charge is -2.15. The number of nitriles is 1. The molecule has 1 aliphatic rings. The van der Waals surface area contributed by atoms with Gasteiger partial charge in [-0.3, -0.25) is 4.79 Å². The van der Waals surface area contributed by atoms with Crippen molar-refractivity contribution in [1.82, 2.24) is 14.8 Å². The van der Waals surface area contributed by atoms with Crippen molar-refractivity contribution >= 4 is 34.0 Å². The Balaban J connectivity index is 1.40. The number of rotatable bonds is 8. The zero-order valence-electron chi connectivity index (χ0n) is 19.1. The minimum atomic E-state index is -0.402. The molecule has 178 valence electrons.